The van der Waals surface area contributed by atoms with Crippen molar-refractivity contribution in [1.29, 1.82) is 0 Å². The van der Waals surface area contributed by atoms with Gasteiger partial charge < -0.3 is 5.43 Å². The molecular weight excluding hydrogens is 390 g/mol. The molecule has 0 unspecified atom stereocenters. The van der Waals surface area contributed by atoms with Crippen molar-refractivity contribution in [3.8, 4) is 0 Å². The van der Waals surface area contributed by atoms with Crippen LogP contribution < -0.4 is 5.43 Å². The Bertz CT molecular complexity index is 1050. The van der Waals surface area contributed by atoms with Gasteiger partial charge in [-0.2, -0.15) is 0 Å². The lowest BCUT2D eigenvalue weighted by molar-refractivity contribution is -0.384. The first kappa shape index (κ1) is 20.5. The number of hydrogen-bond donors (Lipinski definition) is 1. The Hall–Kier alpha value is -3.23. The van der Waals surface area contributed by atoms with E-state index in [2.05, 4.69) is 5.43 Å². The molecule has 0 amide bonds. The number of nitro benzene ring substituents is 1. The molecule has 0 aliphatic rings. The van der Waals surface area contributed by atoms with Crippen LogP contribution in [-0.4, -0.2) is 24.6 Å². The number of benzene rings is 3. The first-order valence-electron chi connectivity index (χ1n) is 8.91. The maximum atomic E-state index is 11.8. The summed E-state index contributed by atoms with van der Waals surface area (Å²) in [5.41, 5.74) is 5.11. The summed E-state index contributed by atoms with van der Waals surface area (Å²) in [5, 5.41) is 13.4. The lowest BCUT2D eigenvalue weighted by Gasteiger charge is -2.24. The first-order valence-corrected chi connectivity index (χ1v) is 10.8. The van der Waals surface area contributed by atoms with Gasteiger partial charge in [0.25, 0.3) is 5.69 Å². The molecule has 0 spiro atoms. The van der Waals surface area contributed by atoms with Gasteiger partial charge in [-0.15, -0.1) is 0 Å². The van der Waals surface area contributed by atoms with E-state index in [9.17, 15) is 18.5 Å². The minimum Gasteiger partial charge on any atom is -0.312 e. The van der Waals surface area contributed by atoms with Gasteiger partial charge in [0.05, 0.1) is 9.82 Å². The number of nitrogens with zero attached hydrogens (tertiary/aromatic N) is 2. The molecule has 7 nitrogen and oxygen atoms in total. The smallest absolute Gasteiger partial charge is 0.294 e. The van der Waals surface area contributed by atoms with Crippen LogP contribution >= 0.6 is 0 Å². The van der Waals surface area contributed by atoms with E-state index in [1.165, 1.54) is 12.1 Å². The van der Waals surface area contributed by atoms with Gasteiger partial charge >= 0.3 is 0 Å². The number of hydrazine groups is 1. The largest absolute Gasteiger partial charge is 0.312 e. The Kier molecular flexibility index (Phi) is 6.26. The molecule has 0 fully saturated rings. The number of nitro groups is 1. The summed E-state index contributed by atoms with van der Waals surface area (Å²) in [6, 6.07) is 23.3. The van der Waals surface area contributed by atoms with E-state index in [0.717, 1.165) is 23.4 Å². The van der Waals surface area contributed by atoms with Crippen LogP contribution in [0.2, 0.25) is 0 Å². The molecule has 3 aromatic carbocycles. The molecule has 0 saturated heterocycles. The second kappa shape index (κ2) is 8.85. The van der Waals surface area contributed by atoms with Crippen molar-refractivity contribution in [3.05, 3.63) is 100 Å². The van der Waals surface area contributed by atoms with Crippen molar-refractivity contribution in [2.75, 3.05) is 11.7 Å². The van der Waals surface area contributed by atoms with Gasteiger partial charge in [0.2, 0.25) is 0 Å². The molecule has 0 radical (unpaired) electrons. The minimum atomic E-state index is -3.55. The molecule has 0 atom stereocenters. The van der Waals surface area contributed by atoms with Gasteiger partial charge in [-0.1, -0.05) is 60.7 Å². The highest BCUT2D eigenvalue weighted by Crippen LogP contribution is 2.28. The fourth-order valence-electron chi connectivity index (χ4n) is 2.90. The Morgan fingerprint density at radius 3 is 1.86 bits per heavy atom. The van der Waals surface area contributed by atoms with E-state index in [1.54, 1.807) is 0 Å². The zero-order valence-corrected chi connectivity index (χ0v) is 16.7. The summed E-state index contributed by atoms with van der Waals surface area (Å²) in [5.74, 6) is 0. The van der Waals surface area contributed by atoms with Crippen LogP contribution in [0.3, 0.4) is 0 Å². The highest BCUT2D eigenvalue weighted by atomic mass is 32.2. The maximum Gasteiger partial charge on any atom is 0.294 e. The van der Waals surface area contributed by atoms with Crippen LogP contribution in [0.25, 0.3) is 0 Å². The van der Waals surface area contributed by atoms with Gasteiger partial charge in [-0.25, -0.2) is 13.4 Å². The molecule has 8 heteroatoms. The van der Waals surface area contributed by atoms with Crippen molar-refractivity contribution < 1.29 is 13.3 Å². The van der Waals surface area contributed by atoms with Crippen LogP contribution in [-0.2, 0) is 22.9 Å². The lowest BCUT2D eigenvalue weighted by Crippen LogP contribution is -2.29. The molecular formula is C21H21N3O4S. The van der Waals surface area contributed by atoms with Crippen molar-refractivity contribution >= 4 is 21.2 Å². The highest BCUT2D eigenvalue weighted by Gasteiger charge is 2.20. The van der Waals surface area contributed by atoms with Gasteiger partial charge in [0.15, 0.2) is 9.84 Å². The molecule has 0 aliphatic heterocycles. The van der Waals surface area contributed by atoms with Crippen LogP contribution in [0.5, 0.6) is 0 Å². The van der Waals surface area contributed by atoms with Crippen molar-refractivity contribution in [2.24, 2.45) is 0 Å². The number of nitrogens with one attached hydrogen (secondary N) is 1. The third-order valence-corrected chi connectivity index (χ3v) is 5.42. The van der Waals surface area contributed by atoms with E-state index in [1.807, 2.05) is 65.7 Å². The Labute approximate surface area is 169 Å². The molecule has 29 heavy (non-hydrogen) atoms. The van der Waals surface area contributed by atoms with Crippen molar-refractivity contribution in [1.82, 2.24) is 5.01 Å². The third kappa shape index (κ3) is 5.63. The topological polar surface area (TPSA) is 92.6 Å². The average molecular weight is 411 g/mol. The minimum absolute atomic E-state index is 0.0904. The van der Waals surface area contributed by atoms with Crippen LogP contribution in [0, 0.1) is 10.1 Å². The fraction of sp³-hybridized carbons (Fsp3) is 0.143. The normalized spacial score (nSPS) is 11.4. The second-order valence-electron chi connectivity index (χ2n) is 6.65. The number of sulfone groups is 1. The second-order valence-corrected chi connectivity index (χ2v) is 8.66. The lowest BCUT2D eigenvalue weighted by atomic mass is 10.2. The molecule has 0 aromatic heterocycles. The molecule has 0 aliphatic carbocycles. The van der Waals surface area contributed by atoms with Crippen molar-refractivity contribution in [3.63, 3.8) is 0 Å². The predicted molar refractivity (Wildman–Crippen MR) is 112 cm³/mol. The van der Waals surface area contributed by atoms with Crippen LogP contribution in [0.15, 0.2) is 83.8 Å². The number of anilines is 1. The summed E-state index contributed by atoms with van der Waals surface area (Å²) >= 11 is 0. The van der Waals surface area contributed by atoms with E-state index in [4.69, 9.17) is 0 Å². The summed E-state index contributed by atoms with van der Waals surface area (Å²) in [6.45, 7) is 1.00. The fourth-order valence-corrected chi connectivity index (χ4v) is 3.54. The number of rotatable bonds is 8. The maximum absolute atomic E-state index is 11.8. The Balaban J connectivity index is 1.93. The summed E-state index contributed by atoms with van der Waals surface area (Å²) in [6.07, 6.45) is 1.02. The summed E-state index contributed by atoms with van der Waals surface area (Å²) in [4.78, 5) is 10.9. The molecule has 150 valence electrons. The predicted octanol–water partition coefficient (Wildman–Crippen LogP) is 4.03. The van der Waals surface area contributed by atoms with E-state index in [-0.39, 0.29) is 16.3 Å². The zero-order valence-electron chi connectivity index (χ0n) is 15.9. The standard InChI is InChI=1S/C21H21N3O4S/c1-29(27,28)19-12-13-20(21(14-19)24(25)26)22-23(15-17-8-4-2-5-9-17)16-18-10-6-3-7-11-18/h2-14,22H,15-16H2,1H3. The van der Waals surface area contributed by atoms with Crippen molar-refractivity contribution in [2.45, 2.75) is 18.0 Å². The molecule has 3 rings (SSSR count). The van der Waals surface area contributed by atoms with Crippen LogP contribution in [0.4, 0.5) is 11.4 Å². The van der Waals surface area contributed by atoms with E-state index < -0.39 is 14.8 Å². The van der Waals surface area contributed by atoms with Gasteiger partial charge in [0.1, 0.15) is 5.69 Å². The SMILES string of the molecule is CS(=O)(=O)c1ccc(NN(Cc2ccccc2)Cc2ccccc2)c([N+](=O)[O-])c1. The van der Waals surface area contributed by atoms with E-state index in [0.29, 0.717) is 13.1 Å². The third-order valence-electron chi connectivity index (χ3n) is 4.31. The van der Waals surface area contributed by atoms with Gasteiger partial charge in [-0.3, -0.25) is 10.1 Å². The Morgan fingerprint density at radius 2 is 1.41 bits per heavy atom. The molecule has 0 saturated carbocycles. The zero-order chi connectivity index (χ0) is 20.9. The molecule has 0 bridgehead atoms. The van der Waals surface area contributed by atoms with Crippen LogP contribution in [0.1, 0.15) is 11.1 Å². The molecule has 0 heterocycles. The van der Waals surface area contributed by atoms with E-state index >= 15 is 0 Å². The van der Waals surface area contributed by atoms with Gasteiger partial charge in [0, 0.05) is 25.4 Å². The number of hydrogen-bond acceptors (Lipinski definition) is 6. The molecule has 1 N–H and O–H groups in total. The quantitative estimate of drug-likeness (QED) is 0.444. The summed E-state index contributed by atoms with van der Waals surface area (Å²) in [7, 11) is -3.55. The Morgan fingerprint density at radius 1 is 0.897 bits per heavy atom. The molecule has 3 aromatic rings. The first-order chi connectivity index (χ1) is 13.8. The van der Waals surface area contributed by atoms with Gasteiger partial charge in [-0.05, 0) is 23.3 Å². The highest BCUT2D eigenvalue weighted by molar-refractivity contribution is 7.90. The average Bonchev–Trinajstić information content (AvgIpc) is 2.69. The summed E-state index contributed by atoms with van der Waals surface area (Å²) < 4.78 is 23.5. The monoisotopic (exact) mass is 411 g/mol.